The van der Waals surface area contributed by atoms with Crippen molar-refractivity contribution < 1.29 is 28.9 Å². The zero-order valence-corrected chi connectivity index (χ0v) is 13.9. The molecule has 8 heteroatoms. The fourth-order valence-corrected chi connectivity index (χ4v) is 3.25. The molecule has 0 saturated carbocycles. The lowest BCUT2D eigenvalue weighted by Crippen LogP contribution is -2.52. The Morgan fingerprint density at radius 2 is 2.08 bits per heavy atom. The number of benzene rings is 1. The summed E-state index contributed by atoms with van der Waals surface area (Å²) in [4.78, 5) is 21.9. The molecule has 0 aliphatic carbocycles. The van der Waals surface area contributed by atoms with Gasteiger partial charge in [0, 0.05) is 11.6 Å². The van der Waals surface area contributed by atoms with E-state index in [9.17, 15) is 9.59 Å². The highest BCUT2D eigenvalue weighted by molar-refractivity contribution is 6.33. The number of nitrogens with one attached hydrogen (secondary N) is 1. The van der Waals surface area contributed by atoms with Gasteiger partial charge < -0.3 is 24.6 Å². The zero-order valence-electron chi connectivity index (χ0n) is 13.1. The molecule has 2 N–H and O–H groups in total. The number of rotatable bonds is 1. The fraction of sp³-hybridized carbons (Fsp3) is 0.500. The van der Waals surface area contributed by atoms with Crippen LogP contribution in [0.3, 0.4) is 0 Å². The van der Waals surface area contributed by atoms with Crippen LogP contribution >= 0.6 is 11.6 Å². The normalized spacial score (nSPS) is 22.2. The average Bonchev–Trinajstić information content (AvgIpc) is 2.67. The van der Waals surface area contributed by atoms with E-state index in [1.807, 2.05) is 6.92 Å². The minimum absolute atomic E-state index is 0.0241. The van der Waals surface area contributed by atoms with Gasteiger partial charge in [-0.25, -0.2) is 9.59 Å². The number of ether oxygens (including phenoxy) is 3. The number of carboxylic acid groups (broad SMARTS) is 1. The highest BCUT2D eigenvalue weighted by atomic mass is 35.5. The lowest BCUT2D eigenvalue weighted by Gasteiger charge is -2.40. The van der Waals surface area contributed by atoms with Crippen LogP contribution in [0, 0.1) is 0 Å². The van der Waals surface area contributed by atoms with Gasteiger partial charge in [-0.1, -0.05) is 11.6 Å². The molecule has 1 saturated heterocycles. The molecule has 2 aliphatic heterocycles. The first-order valence-corrected chi connectivity index (χ1v) is 8.08. The molecule has 3 rings (SSSR count). The molecule has 0 aromatic heterocycles. The second kappa shape index (κ2) is 6.58. The maximum absolute atomic E-state index is 11.2. The Kier molecular flexibility index (Phi) is 4.67. The SMILES string of the molecule is CC1Oc2cc(Cl)c(OC(=O)C(=O)O)cc2COC12CCNCC2. The van der Waals surface area contributed by atoms with Crippen LogP contribution in [-0.2, 0) is 20.9 Å². The summed E-state index contributed by atoms with van der Waals surface area (Å²) in [6.45, 7) is 3.94. The van der Waals surface area contributed by atoms with Gasteiger partial charge in [0.1, 0.15) is 17.5 Å². The van der Waals surface area contributed by atoms with Gasteiger partial charge in [0.15, 0.2) is 5.75 Å². The summed E-state index contributed by atoms with van der Waals surface area (Å²) in [6.07, 6.45) is 1.50. The third kappa shape index (κ3) is 3.19. The molecule has 1 fully saturated rings. The first kappa shape index (κ1) is 17.0. The van der Waals surface area contributed by atoms with Crippen LogP contribution in [0.5, 0.6) is 11.5 Å². The number of esters is 1. The number of carbonyl (C=O) groups is 2. The summed E-state index contributed by atoms with van der Waals surface area (Å²) in [7, 11) is 0. The van der Waals surface area contributed by atoms with Crippen LogP contribution in [0.4, 0.5) is 0 Å². The van der Waals surface area contributed by atoms with Crippen molar-refractivity contribution in [2.24, 2.45) is 0 Å². The van der Waals surface area contributed by atoms with Crippen molar-refractivity contribution in [2.45, 2.75) is 38.1 Å². The molecular formula is C16H18ClNO6. The molecule has 0 amide bonds. The first-order chi connectivity index (χ1) is 11.4. The molecule has 1 atom stereocenters. The first-order valence-electron chi connectivity index (χ1n) is 7.70. The quantitative estimate of drug-likeness (QED) is 0.450. The van der Waals surface area contributed by atoms with Crippen LogP contribution in [0.2, 0.25) is 5.02 Å². The van der Waals surface area contributed by atoms with Crippen molar-refractivity contribution in [1.82, 2.24) is 5.32 Å². The largest absolute Gasteiger partial charge is 0.487 e. The van der Waals surface area contributed by atoms with Gasteiger partial charge in [0.2, 0.25) is 0 Å². The molecule has 1 aromatic carbocycles. The minimum Gasteiger partial charge on any atom is -0.487 e. The topological polar surface area (TPSA) is 94.1 Å². The van der Waals surface area contributed by atoms with E-state index in [0.717, 1.165) is 25.9 Å². The molecule has 24 heavy (non-hydrogen) atoms. The Morgan fingerprint density at radius 1 is 1.38 bits per heavy atom. The van der Waals surface area contributed by atoms with Crippen molar-refractivity contribution in [3.8, 4) is 11.5 Å². The van der Waals surface area contributed by atoms with Gasteiger partial charge in [0.25, 0.3) is 0 Å². The van der Waals surface area contributed by atoms with Crippen molar-refractivity contribution in [3.05, 3.63) is 22.7 Å². The highest BCUT2D eigenvalue weighted by Gasteiger charge is 2.42. The van der Waals surface area contributed by atoms with Crippen LogP contribution < -0.4 is 14.8 Å². The van der Waals surface area contributed by atoms with Gasteiger partial charge >= 0.3 is 11.9 Å². The lowest BCUT2D eigenvalue weighted by molar-refractivity contribution is -0.158. The summed E-state index contributed by atoms with van der Waals surface area (Å²) in [6, 6.07) is 3.02. The summed E-state index contributed by atoms with van der Waals surface area (Å²) in [5, 5.41) is 12.1. The fourth-order valence-electron chi connectivity index (χ4n) is 3.06. The van der Waals surface area contributed by atoms with Gasteiger partial charge in [-0.15, -0.1) is 0 Å². The molecule has 0 radical (unpaired) electrons. The summed E-state index contributed by atoms with van der Waals surface area (Å²) in [5.74, 6) is -2.55. The van der Waals surface area contributed by atoms with Crippen LogP contribution in [0.1, 0.15) is 25.3 Å². The number of aliphatic carboxylic acids is 1. The Bertz CT molecular complexity index is 671. The highest BCUT2D eigenvalue weighted by Crippen LogP contribution is 2.40. The van der Waals surface area contributed by atoms with E-state index >= 15 is 0 Å². The smallest absolute Gasteiger partial charge is 0.422 e. The summed E-state index contributed by atoms with van der Waals surface area (Å²) < 4.78 is 17.0. The Morgan fingerprint density at radius 3 is 2.75 bits per heavy atom. The standard InChI is InChI=1S/C16H18ClNO6/c1-9-16(2-4-18-5-3-16)22-8-10-6-13(24-15(21)14(19)20)11(17)7-12(10)23-9/h6-7,9,18H,2-5,8H2,1H3,(H,19,20). The molecule has 7 nitrogen and oxygen atoms in total. The Balaban J connectivity index is 1.87. The maximum atomic E-state index is 11.2. The predicted octanol–water partition coefficient (Wildman–Crippen LogP) is 1.75. The van der Waals surface area contributed by atoms with E-state index in [2.05, 4.69) is 5.32 Å². The molecule has 1 unspecified atom stereocenters. The maximum Gasteiger partial charge on any atom is 0.422 e. The monoisotopic (exact) mass is 355 g/mol. The van der Waals surface area contributed by atoms with E-state index in [1.54, 1.807) is 0 Å². The lowest BCUT2D eigenvalue weighted by atomic mass is 9.87. The molecular weight excluding hydrogens is 338 g/mol. The molecule has 2 aliphatic rings. The average molecular weight is 356 g/mol. The van der Waals surface area contributed by atoms with Crippen molar-refractivity contribution in [1.29, 1.82) is 0 Å². The van der Waals surface area contributed by atoms with Gasteiger partial charge in [0.05, 0.1) is 11.6 Å². The molecule has 2 heterocycles. The molecule has 1 spiro atoms. The van der Waals surface area contributed by atoms with Crippen LogP contribution in [-0.4, -0.2) is 41.8 Å². The number of piperidine rings is 1. The zero-order chi connectivity index (χ0) is 17.3. The predicted molar refractivity (Wildman–Crippen MR) is 84.4 cm³/mol. The summed E-state index contributed by atoms with van der Waals surface area (Å²) in [5.41, 5.74) is 0.282. The van der Waals surface area contributed by atoms with Gasteiger partial charge in [-0.3, -0.25) is 0 Å². The van der Waals surface area contributed by atoms with Crippen molar-refractivity contribution >= 4 is 23.5 Å². The van der Waals surface area contributed by atoms with Crippen molar-refractivity contribution in [3.63, 3.8) is 0 Å². The van der Waals surface area contributed by atoms with Gasteiger partial charge in [-0.2, -0.15) is 0 Å². The summed E-state index contributed by atoms with van der Waals surface area (Å²) >= 11 is 6.09. The van der Waals surface area contributed by atoms with Crippen LogP contribution in [0.15, 0.2) is 12.1 Å². The number of hydrogen-bond acceptors (Lipinski definition) is 6. The molecule has 0 bridgehead atoms. The third-order valence-electron chi connectivity index (χ3n) is 4.50. The molecule has 130 valence electrons. The second-order valence-corrected chi connectivity index (χ2v) is 6.36. The van der Waals surface area contributed by atoms with E-state index in [1.165, 1.54) is 12.1 Å². The molecule has 1 aromatic rings. The van der Waals surface area contributed by atoms with Crippen molar-refractivity contribution in [2.75, 3.05) is 13.1 Å². The number of carbonyl (C=O) groups excluding carboxylic acids is 1. The third-order valence-corrected chi connectivity index (χ3v) is 4.80. The number of hydrogen-bond donors (Lipinski definition) is 2. The van der Waals surface area contributed by atoms with E-state index < -0.39 is 11.9 Å². The Labute approximate surface area is 143 Å². The van der Waals surface area contributed by atoms with E-state index in [-0.39, 0.29) is 29.1 Å². The van der Waals surface area contributed by atoms with Crippen LogP contribution in [0.25, 0.3) is 0 Å². The number of fused-ring (bicyclic) bond motifs is 1. The number of halogens is 1. The minimum atomic E-state index is -1.68. The van der Waals surface area contributed by atoms with E-state index in [4.69, 9.17) is 30.9 Å². The number of carboxylic acids is 1. The van der Waals surface area contributed by atoms with Gasteiger partial charge in [-0.05, 0) is 38.9 Å². The Hall–Kier alpha value is -1.83. The van der Waals surface area contributed by atoms with E-state index in [0.29, 0.717) is 11.3 Å². The second-order valence-electron chi connectivity index (χ2n) is 5.95.